The molecule has 0 spiro atoms. The molecule has 2 rings (SSSR count). The fourth-order valence-corrected chi connectivity index (χ4v) is 2.14. The van der Waals surface area contributed by atoms with Crippen molar-refractivity contribution in [2.75, 3.05) is 20.3 Å². The molecule has 0 aliphatic carbocycles. The Labute approximate surface area is 116 Å². The monoisotopic (exact) mass is 276 g/mol. The standard InChI is InChI=1S/C14H16N2O4/c1-9(8-20-2)15-12(17)7-16-13(18)10-5-3-4-6-11(10)14(16)19/h3-6,9H,7-8H2,1-2H3,(H,15,17)/t9-/m1/s1. The van der Waals surface area contributed by atoms with Crippen LogP contribution in [0.1, 0.15) is 27.6 Å². The lowest BCUT2D eigenvalue weighted by molar-refractivity contribution is -0.122. The number of nitrogens with one attached hydrogen (secondary N) is 1. The van der Waals surface area contributed by atoms with Gasteiger partial charge in [-0.05, 0) is 19.1 Å². The molecule has 0 saturated carbocycles. The first kappa shape index (κ1) is 14.2. The molecule has 1 aromatic carbocycles. The van der Waals surface area contributed by atoms with Crippen molar-refractivity contribution in [3.63, 3.8) is 0 Å². The SMILES string of the molecule is COC[C@@H](C)NC(=O)CN1C(=O)c2ccccc2C1=O. The number of hydrogen-bond acceptors (Lipinski definition) is 4. The van der Waals surface area contributed by atoms with Gasteiger partial charge >= 0.3 is 0 Å². The normalized spacial score (nSPS) is 15.2. The summed E-state index contributed by atoms with van der Waals surface area (Å²) in [5.74, 6) is -1.25. The molecule has 1 N–H and O–H groups in total. The largest absolute Gasteiger partial charge is 0.383 e. The van der Waals surface area contributed by atoms with Crippen LogP contribution in [0, 0.1) is 0 Å². The first-order valence-electron chi connectivity index (χ1n) is 6.28. The van der Waals surface area contributed by atoms with Gasteiger partial charge in [-0.1, -0.05) is 12.1 Å². The van der Waals surface area contributed by atoms with Crippen molar-refractivity contribution in [3.8, 4) is 0 Å². The summed E-state index contributed by atoms with van der Waals surface area (Å²) in [6.07, 6.45) is 0. The topological polar surface area (TPSA) is 75.7 Å². The lowest BCUT2D eigenvalue weighted by Gasteiger charge is -2.16. The molecule has 1 atom stereocenters. The van der Waals surface area contributed by atoms with Crippen LogP contribution in [0.2, 0.25) is 0 Å². The Balaban J connectivity index is 2.04. The van der Waals surface area contributed by atoms with E-state index in [0.29, 0.717) is 17.7 Å². The van der Waals surface area contributed by atoms with Gasteiger partial charge in [-0.25, -0.2) is 0 Å². The lowest BCUT2D eigenvalue weighted by atomic mass is 10.1. The minimum atomic E-state index is -0.430. The smallest absolute Gasteiger partial charge is 0.262 e. The summed E-state index contributed by atoms with van der Waals surface area (Å²) in [5, 5.41) is 2.67. The van der Waals surface area contributed by atoms with Crippen molar-refractivity contribution in [3.05, 3.63) is 35.4 Å². The van der Waals surface area contributed by atoms with Gasteiger partial charge in [0.1, 0.15) is 6.54 Å². The Kier molecular flexibility index (Phi) is 4.14. The van der Waals surface area contributed by atoms with Gasteiger partial charge in [0.05, 0.1) is 17.7 Å². The van der Waals surface area contributed by atoms with Crippen LogP contribution in [0.25, 0.3) is 0 Å². The van der Waals surface area contributed by atoms with E-state index in [0.717, 1.165) is 4.90 Å². The number of carbonyl (C=O) groups excluding carboxylic acids is 3. The highest BCUT2D eigenvalue weighted by atomic mass is 16.5. The van der Waals surface area contributed by atoms with Crippen molar-refractivity contribution in [2.24, 2.45) is 0 Å². The fourth-order valence-electron chi connectivity index (χ4n) is 2.14. The molecule has 1 aliphatic heterocycles. The van der Waals surface area contributed by atoms with Crippen molar-refractivity contribution in [1.29, 1.82) is 0 Å². The summed E-state index contributed by atoms with van der Waals surface area (Å²) in [6, 6.07) is 6.37. The van der Waals surface area contributed by atoms with Gasteiger partial charge in [-0.15, -0.1) is 0 Å². The number of benzene rings is 1. The molecular weight excluding hydrogens is 260 g/mol. The Morgan fingerprint density at radius 3 is 2.30 bits per heavy atom. The highest BCUT2D eigenvalue weighted by Gasteiger charge is 2.36. The zero-order valence-electron chi connectivity index (χ0n) is 11.4. The quantitative estimate of drug-likeness (QED) is 0.791. The zero-order chi connectivity index (χ0) is 14.7. The van der Waals surface area contributed by atoms with Gasteiger partial charge < -0.3 is 10.1 Å². The number of imide groups is 1. The third-order valence-corrected chi connectivity index (χ3v) is 3.00. The molecule has 6 heteroatoms. The van der Waals surface area contributed by atoms with E-state index in [2.05, 4.69) is 5.32 Å². The third-order valence-electron chi connectivity index (χ3n) is 3.00. The van der Waals surface area contributed by atoms with Gasteiger partial charge in [-0.2, -0.15) is 0 Å². The second-order valence-corrected chi connectivity index (χ2v) is 4.67. The van der Waals surface area contributed by atoms with Gasteiger partial charge in [0.25, 0.3) is 11.8 Å². The minimum Gasteiger partial charge on any atom is -0.383 e. The second kappa shape index (κ2) is 5.83. The Morgan fingerprint density at radius 1 is 1.25 bits per heavy atom. The minimum absolute atomic E-state index is 0.178. The molecule has 0 saturated heterocycles. The molecule has 1 aromatic rings. The number of fused-ring (bicyclic) bond motifs is 1. The molecule has 0 aromatic heterocycles. The number of carbonyl (C=O) groups is 3. The van der Waals surface area contributed by atoms with Crippen molar-refractivity contribution >= 4 is 17.7 Å². The summed E-state index contributed by atoms with van der Waals surface area (Å²) in [4.78, 5) is 36.9. The molecule has 1 heterocycles. The Bertz CT molecular complexity index is 521. The molecule has 3 amide bonds. The maximum atomic E-state index is 12.1. The molecule has 20 heavy (non-hydrogen) atoms. The predicted molar refractivity (Wildman–Crippen MR) is 71.3 cm³/mol. The number of amides is 3. The zero-order valence-corrected chi connectivity index (χ0v) is 11.4. The second-order valence-electron chi connectivity index (χ2n) is 4.67. The molecule has 0 bridgehead atoms. The molecule has 6 nitrogen and oxygen atoms in total. The van der Waals surface area contributed by atoms with Crippen LogP contribution >= 0.6 is 0 Å². The van der Waals surface area contributed by atoms with Crippen LogP contribution in [0.4, 0.5) is 0 Å². The lowest BCUT2D eigenvalue weighted by Crippen LogP contribution is -2.44. The number of hydrogen-bond donors (Lipinski definition) is 1. The first-order chi connectivity index (χ1) is 9.54. The van der Waals surface area contributed by atoms with Crippen LogP contribution in [-0.4, -0.2) is 48.9 Å². The van der Waals surface area contributed by atoms with E-state index in [9.17, 15) is 14.4 Å². The maximum Gasteiger partial charge on any atom is 0.262 e. The van der Waals surface area contributed by atoms with Gasteiger partial charge in [-0.3, -0.25) is 19.3 Å². The fraction of sp³-hybridized carbons (Fsp3) is 0.357. The van der Waals surface area contributed by atoms with E-state index >= 15 is 0 Å². The molecule has 0 radical (unpaired) electrons. The summed E-state index contributed by atoms with van der Waals surface area (Å²) >= 11 is 0. The van der Waals surface area contributed by atoms with Crippen LogP contribution in [-0.2, 0) is 9.53 Å². The van der Waals surface area contributed by atoms with Crippen molar-refractivity contribution < 1.29 is 19.1 Å². The summed E-state index contributed by atoms with van der Waals surface area (Å²) < 4.78 is 4.91. The molecule has 106 valence electrons. The van der Waals surface area contributed by atoms with E-state index in [1.807, 2.05) is 0 Å². The predicted octanol–water partition coefficient (Wildman–Crippen LogP) is 0.434. The van der Waals surface area contributed by atoms with E-state index in [-0.39, 0.29) is 18.5 Å². The third kappa shape index (κ3) is 2.70. The summed E-state index contributed by atoms with van der Waals surface area (Å²) in [7, 11) is 1.53. The highest BCUT2D eigenvalue weighted by molar-refractivity contribution is 6.22. The van der Waals surface area contributed by atoms with Crippen LogP contribution in [0.15, 0.2) is 24.3 Å². The van der Waals surface area contributed by atoms with E-state index in [4.69, 9.17) is 4.74 Å². The van der Waals surface area contributed by atoms with Crippen LogP contribution in [0.3, 0.4) is 0 Å². The van der Waals surface area contributed by atoms with E-state index < -0.39 is 11.8 Å². The Hall–Kier alpha value is -2.21. The number of ether oxygens (including phenoxy) is 1. The maximum absolute atomic E-state index is 12.1. The number of methoxy groups -OCH3 is 1. The van der Waals surface area contributed by atoms with Crippen molar-refractivity contribution in [1.82, 2.24) is 10.2 Å². The summed E-state index contributed by atoms with van der Waals surface area (Å²) in [6.45, 7) is 1.87. The van der Waals surface area contributed by atoms with Crippen LogP contribution < -0.4 is 5.32 Å². The average Bonchev–Trinajstić information content (AvgIpc) is 2.65. The van der Waals surface area contributed by atoms with E-state index in [1.54, 1.807) is 31.2 Å². The first-order valence-corrected chi connectivity index (χ1v) is 6.28. The van der Waals surface area contributed by atoms with Crippen LogP contribution in [0.5, 0.6) is 0 Å². The van der Waals surface area contributed by atoms with E-state index in [1.165, 1.54) is 7.11 Å². The molecule has 0 fully saturated rings. The highest BCUT2D eigenvalue weighted by Crippen LogP contribution is 2.21. The average molecular weight is 276 g/mol. The summed E-state index contributed by atoms with van der Waals surface area (Å²) in [5.41, 5.74) is 0.686. The van der Waals surface area contributed by atoms with Gasteiger partial charge in [0, 0.05) is 13.2 Å². The molecular formula is C14H16N2O4. The molecule has 0 unspecified atom stereocenters. The number of nitrogens with zero attached hydrogens (tertiary/aromatic N) is 1. The van der Waals surface area contributed by atoms with Crippen molar-refractivity contribution in [2.45, 2.75) is 13.0 Å². The van der Waals surface area contributed by atoms with Gasteiger partial charge in [0.15, 0.2) is 0 Å². The molecule has 1 aliphatic rings. The Morgan fingerprint density at radius 2 is 1.80 bits per heavy atom. The van der Waals surface area contributed by atoms with Gasteiger partial charge in [0.2, 0.25) is 5.91 Å². The number of rotatable bonds is 5.